The minimum absolute atomic E-state index is 0.0159. The summed E-state index contributed by atoms with van der Waals surface area (Å²) in [4.78, 5) is 34.7. The lowest BCUT2D eigenvalue weighted by Crippen LogP contribution is -2.49. The fourth-order valence-electron chi connectivity index (χ4n) is 2.91. The molecule has 10 nitrogen and oxygen atoms in total. The molecule has 2 aromatic carbocycles. The van der Waals surface area contributed by atoms with Crippen molar-refractivity contribution < 1.29 is 32.6 Å². The zero-order valence-corrected chi connectivity index (χ0v) is 20.0. The maximum Gasteiger partial charge on any atom is 0.341 e. The third-order valence-corrected chi connectivity index (χ3v) is 6.10. The van der Waals surface area contributed by atoms with Gasteiger partial charge in [0.15, 0.2) is 6.61 Å². The molecule has 2 amide bonds. The van der Waals surface area contributed by atoms with Crippen molar-refractivity contribution in [2.24, 2.45) is 0 Å². The zero-order chi connectivity index (χ0) is 25.0. The van der Waals surface area contributed by atoms with Gasteiger partial charge in [-0.1, -0.05) is 42.5 Å². The number of thiol groups is 1. The van der Waals surface area contributed by atoms with Crippen molar-refractivity contribution >= 4 is 40.4 Å². The van der Waals surface area contributed by atoms with E-state index in [0.29, 0.717) is 16.9 Å². The van der Waals surface area contributed by atoms with Crippen LogP contribution in [-0.2, 0) is 36.6 Å². The molecule has 12 heteroatoms. The molecule has 1 atom stereocenters. The monoisotopic (exact) mass is 509 g/mol. The van der Waals surface area contributed by atoms with Crippen LogP contribution in [0.5, 0.6) is 5.75 Å². The van der Waals surface area contributed by atoms with Crippen LogP contribution in [0.2, 0.25) is 0 Å². The highest BCUT2D eigenvalue weighted by Crippen LogP contribution is 2.14. The van der Waals surface area contributed by atoms with Crippen LogP contribution < -0.4 is 20.1 Å². The molecule has 0 aliphatic rings. The summed E-state index contributed by atoms with van der Waals surface area (Å²) in [6.07, 6.45) is 0.0437. The van der Waals surface area contributed by atoms with Crippen LogP contribution >= 0.6 is 12.6 Å². The van der Waals surface area contributed by atoms with Gasteiger partial charge in [-0.05, 0) is 29.7 Å². The van der Waals surface area contributed by atoms with Gasteiger partial charge in [0.05, 0.1) is 11.5 Å². The largest absolute Gasteiger partial charge is 0.482 e. The van der Waals surface area contributed by atoms with Crippen LogP contribution in [0.3, 0.4) is 0 Å². The fourth-order valence-corrected chi connectivity index (χ4v) is 4.36. The van der Waals surface area contributed by atoms with E-state index in [4.69, 9.17) is 9.84 Å². The molecule has 0 aliphatic carbocycles. The molecular formula is C22H27N3O7S2. The molecule has 0 spiro atoms. The first-order valence-electron chi connectivity index (χ1n) is 10.3. The average Bonchev–Trinajstić information content (AvgIpc) is 2.80. The molecule has 2 aromatic rings. The maximum absolute atomic E-state index is 12.8. The summed E-state index contributed by atoms with van der Waals surface area (Å²) in [6, 6.07) is 13.8. The number of rotatable bonds is 14. The van der Waals surface area contributed by atoms with E-state index in [-0.39, 0.29) is 36.9 Å². The summed E-state index contributed by atoms with van der Waals surface area (Å²) < 4.78 is 33.0. The van der Waals surface area contributed by atoms with E-state index in [9.17, 15) is 22.8 Å². The zero-order valence-electron chi connectivity index (χ0n) is 18.3. The molecule has 0 unspecified atom stereocenters. The molecule has 0 heterocycles. The van der Waals surface area contributed by atoms with Crippen molar-refractivity contribution in [3.05, 3.63) is 65.7 Å². The fraction of sp³-hybridized carbons (Fsp3) is 0.318. The number of nitrogens with one attached hydrogen (secondary N) is 3. The molecule has 0 aliphatic heterocycles. The molecule has 0 aromatic heterocycles. The number of carbonyl (C=O) groups is 3. The molecular weight excluding hydrogens is 482 g/mol. The molecule has 0 saturated carbocycles. The van der Waals surface area contributed by atoms with Gasteiger partial charge in [-0.3, -0.25) is 9.59 Å². The summed E-state index contributed by atoms with van der Waals surface area (Å²) in [7, 11) is -3.85. The third-order valence-electron chi connectivity index (χ3n) is 4.45. The molecule has 34 heavy (non-hydrogen) atoms. The molecule has 184 valence electrons. The Morgan fingerprint density at radius 3 is 2.21 bits per heavy atom. The van der Waals surface area contributed by atoms with E-state index in [1.54, 1.807) is 54.6 Å². The highest BCUT2D eigenvalue weighted by Gasteiger charge is 2.25. The third kappa shape index (κ3) is 10.2. The van der Waals surface area contributed by atoms with E-state index in [2.05, 4.69) is 28.0 Å². The van der Waals surface area contributed by atoms with Gasteiger partial charge in [0.2, 0.25) is 21.8 Å². The van der Waals surface area contributed by atoms with E-state index in [0.717, 1.165) is 0 Å². The number of hydrogen-bond acceptors (Lipinski definition) is 7. The SMILES string of the molecule is O=C(O)COc1ccc(C[C@H](NS(=O)(=O)Cc2ccccc2)C(=O)NCCNC(=O)CS)cc1. The van der Waals surface area contributed by atoms with Crippen molar-refractivity contribution in [1.29, 1.82) is 0 Å². The average molecular weight is 510 g/mol. The topological polar surface area (TPSA) is 151 Å². The molecule has 2 rings (SSSR count). The van der Waals surface area contributed by atoms with E-state index < -0.39 is 34.5 Å². The minimum Gasteiger partial charge on any atom is -0.482 e. The van der Waals surface area contributed by atoms with Gasteiger partial charge in [0.1, 0.15) is 11.8 Å². The molecule has 0 radical (unpaired) electrons. The van der Waals surface area contributed by atoms with Crippen LogP contribution in [0.15, 0.2) is 54.6 Å². The first-order chi connectivity index (χ1) is 16.2. The number of ether oxygens (including phenoxy) is 1. The van der Waals surface area contributed by atoms with Crippen molar-refractivity contribution in [3.8, 4) is 5.75 Å². The van der Waals surface area contributed by atoms with Gasteiger partial charge in [0.25, 0.3) is 0 Å². The number of hydrogen-bond donors (Lipinski definition) is 5. The lowest BCUT2D eigenvalue weighted by atomic mass is 10.1. The number of carboxylic acid groups (broad SMARTS) is 1. The molecule has 0 saturated heterocycles. The Hall–Kier alpha value is -3.09. The van der Waals surface area contributed by atoms with Crippen LogP contribution in [0.1, 0.15) is 11.1 Å². The number of sulfonamides is 1. The number of carbonyl (C=O) groups excluding carboxylic acids is 2. The van der Waals surface area contributed by atoms with E-state index in [1.807, 2.05) is 0 Å². The number of amides is 2. The van der Waals surface area contributed by atoms with Gasteiger partial charge < -0.3 is 20.5 Å². The second-order valence-electron chi connectivity index (χ2n) is 7.24. The lowest BCUT2D eigenvalue weighted by molar-refractivity contribution is -0.139. The Morgan fingerprint density at radius 1 is 0.941 bits per heavy atom. The number of aliphatic carboxylic acids is 1. The highest BCUT2D eigenvalue weighted by molar-refractivity contribution is 7.88. The second-order valence-corrected chi connectivity index (χ2v) is 9.31. The Morgan fingerprint density at radius 2 is 1.59 bits per heavy atom. The maximum atomic E-state index is 12.8. The smallest absolute Gasteiger partial charge is 0.341 e. The minimum atomic E-state index is -3.85. The summed E-state index contributed by atoms with van der Waals surface area (Å²) >= 11 is 3.85. The second kappa shape index (κ2) is 13.6. The highest BCUT2D eigenvalue weighted by atomic mass is 32.2. The first kappa shape index (κ1) is 27.2. The van der Waals surface area contributed by atoms with Crippen molar-refractivity contribution in [2.75, 3.05) is 25.4 Å². The lowest BCUT2D eigenvalue weighted by Gasteiger charge is -2.19. The van der Waals surface area contributed by atoms with Gasteiger partial charge in [-0.2, -0.15) is 12.6 Å². The Kier molecular flexibility index (Phi) is 10.8. The summed E-state index contributed by atoms with van der Waals surface area (Å²) in [6.45, 7) is -0.213. The van der Waals surface area contributed by atoms with Crippen LogP contribution in [-0.4, -0.2) is 62.8 Å². The van der Waals surface area contributed by atoms with Crippen LogP contribution in [0, 0.1) is 0 Å². The van der Waals surface area contributed by atoms with Gasteiger partial charge in [-0.15, -0.1) is 0 Å². The quantitative estimate of drug-likeness (QED) is 0.182. The summed E-state index contributed by atoms with van der Waals surface area (Å²) in [5.41, 5.74) is 1.21. The van der Waals surface area contributed by atoms with Gasteiger partial charge in [0, 0.05) is 13.1 Å². The Bertz CT molecular complexity index is 1060. The Balaban J connectivity index is 2.08. The number of benzene rings is 2. The normalized spacial score (nSPS) is 11.9. The van der Waals surface area contributed by atoms with Crippen molar-refractivity contribution in [3.63, 3.8) is 0 Å². The van der Waals surface area contributed by atoms with Crippen LogP contribution in [0.25, 0.3) is 0 Å². The summed E-state index contributed by atoms with van der Waals surface area (Å²) in [5, 5.41) is 13.9. The van der Waals surface area contributed by atoms with E-state index >= 15 is 0 Å². The number of carboxylic acids is 1. The predicted molar refractivity (Wildman–Crippen MR) is 129 cm³/mol. The predicted octanol–water partition coefficient (Wildman–Crippen LogP) is 0.343. The van der Waals surface area contributed by atoms with Crippen molar-refractivity contribution in [2.45, 2.75) is 18.2 Å². The van der Waals surface area contributed by atoms with Crippen molar-refractivity contribution in [1.82, 2.24) is 15.4 Å². The standard InChI is InChI=1S/C22H27N3O7S2/c26-20(14-33)23-10-11-24-22(29)19(25-34(30,31)15-17-4-2-1-3-5-17)12-16-6-8-18(9-7-16)32-13-21(27)28/h1-9,19,25,33H,10-15H2,(H,23,26)(H,24,29)(H,27,28)/t19-/m0/s1. The summed E-state index contributed by atoms with van der Waals surface area (Å²) in [5.74, 6) is -1.90. The first-order valence-corrected chi connectivity index (χ1v) is 12.6. The van der Waals surface area contributed by atoms with E-state index in [1.165, 1.54) is 0 Å². The Labute approximate surface area is 203 Å². The van der Waals surface area contributed by atoms with Crippen LogP contribution in [0.4, 0.5) is 0 Å². The molecule has 0 bridgehead atoms. The van der Waals surface area contributed by atoms with Gasteiger partial charge >= 0.3 is 5.97 Å². The molecule has 4 N–H and O–H groups in total. The molecule has 0 fully saturated rings. The van der Waals surface area contributed by atoms with Gasteiger partial charge in [-0.25, -0.2) is 17.9 Å².